The van der Waals surface area contributed by atoms with Crippen LogP contribution in [0, 0.1) is 10.7 Å². The minimum Gasteiger partial charge on any atom is -0.493 e. The maximum Gasteiger partial charge on any atom is 0.216 e. The van der Waals surface area contributed by atoms with Gasteiger partial charge in [-0.1, -0.05) is 32.9 Å². The molecule has 0 atom stereocenters. The summed E-state index contributed by atoms with van der Waals surface area (Å²) in [4.78, 5) is 0. The fraction of sp³-hybridized carbons (Fsp3) is 0.438. The number of hydrogen-bond donors (Lipinski definition) is 1. The second-order valence-electron chi connectivity index (χ2n) is 5.53. The number of ether oxygens (including phenoxy) is 1. The van der Waals surface area contributed by atoms with E-state index in [1.165, 1.54) is 0 Å². The summed E-state index contributed by atoms with van der Waals surface area (Å²) in [6.07, 6.45) is 3.60. The van der Waals surface area contributed by atoms with E-state index in [-0.39, 0.29) is 0 Å². The van der Waals surface area contributed by atoms with E-state index in [2.05, 4.69) is 36.1 Å². The minimum atomic E-state index is 0.498. The van der Waals surface area contributed by atoms with Crippen LogP contribution >= 0.6 is 12.2 Å². The molecule has 1 heterocycles. The molecule has 0 unspecified atom stereocenters. The van der Waals surface area contributed by atoms with E-state index >= 15 is 0 Å². The molecule has 0 spiro atoms. The van der Waals surface area contributed by atoms with Crippen LogP contribution in [0.1, 0.15) is 38.6 Å². The highest BCUT2D eigenvalue weighted by Gasteiger charge is 2.03. The molecule has 5 nitrogen and oxygen atoms in total. The van der Waals surface area contributed by atoms with Crippen LogP contribution < -0.4 is 4.74 Å². The summed E-state index contributed by atoms with van der Waals surface area (Å²) in [5.74, 6) is 2.19. The van der Waals surface area contributed by atoms with E-state index in [1.807, 2.05) is 24.3 Å². The van der Waals surface area contributed by atoms with Crippen molar-refractivity contribution in [2.24, 2.45) is 11.0 Å². The molecule has 0 aliphatic rings. The van der Waals surface area contributed by atoms with Crippen molar-refractivity contribution in [3.05, 3.63) is 40.4 Å². The average Bonchev–Trinajstić information content (AvgIpc) is 2.84. The zero-order valence-corrected chi connectivity index (χ0v) is 14.1. The largest absolute Gasteiger partial charge is 0.493 e. The van der Waals surface area contributed by atoms with Gasteiger partial charge in [0.25, 0.3) is 0 Å². The third kappa shape index (κ3) is 4.53. The zero-order chi connectivity index (χ0) is 15.9. The molecule has 2 rings (SSSR count). The molecular formula is C16H22N4OS. The van der Waals surface area contributed by atoms with E-state index in [1.54, 1.807) is 10.9 Å². The van der Waals surface area contributed by atoms with Crippen LogP contribution in [0.15, 0.2) is 29.4 Å². The fourth-order valence-corrected chi connectivity index (χ4v) is 2.10. The van der Waals surface area contributed by atoms with Crippen molar-refractivity contribution in [1.82, 2.24) is 14.9 Å². The summed E-state index contributed by atoms with van der Waals surface area (Å²) in [6, 6.07) is 7.86. The molecule has 1 aromatic heterocycles. The van der Waals surface area contributed by atoms with Gasteiger partial charge in [0, 0.05) is 6.42 Å². The predicted molar refractivity (Wildman–Crippen MR) is 91.2 cm³/mol. The number of nitrogens with zero attached hydrogens (tertiary/aromatic N) is 3. The Morgan fingerprint density at radius 2 is 2.27 bits per heavy atom. The maximum absolute atomic E-state index is 5.72. The summed E-state index contributed by atoms with van der Waals surface area (Å²) in [6.45, 7) is 7.05. The molecule has 0 saturated carbocycles. The quantitative estimate of drug-likeness (QED) is 0.624. The van der Waals surface area contributed by atoms with Gasteiger partial charge in [-0.05, 0) is 42.3 Å². The summed E-state index contributed by atoms with van der Waals surface area (Å²) in [5, 5.41) is 11.4. The third-order valence-corrected chi connectivity index (χ3v) is 3.22. The molecule has 2 aromatic rings. The molecular weight excluding hydrogens is 296 g/mol. The molecule has 0 fully saturated rings. The van der Waals surface area contributed by atoms with Crippen LogP contribution in [0.25, 0.3) is 0 Å². The number of nitrogens with one attached hydrogen (secondary N) is 1. The van der Waals surface area contributed by atoms with E-state index < -0.39 is 0 Å². The van der Waals surface area contributed by atoms with Crippen LogP contribution in [0.5, 0.6) is 5.75 Å². The summed E-state index contributed by atoms with van der Waals surface area (Å²) in [7, 11) is 0. The Morgan fingerprint density at radius 1 is 1.45 bits per heavy atom. The molecule has 0 bridgehead atoms. The van der Waals surface area contributed by atoms with Crippen molar-refractivity contribution >= 4 is 18.4 Å². The first kappa shape index (κ1) is 16.4. The van der Waals surface area contributed by atoms with E-state index in [0.717, 1.165) is 30.0 Å². The molecule has 1 aromatic carbocycles. The second kappa shape index (κ2) is 7.89. The smallest absolute Gasteiger partial charge is 0.216 e. The first-order valence-electron chi connectivity index (χ1n) is 7.53. The van der Waals surface area contributed by atoms with Gasteiger partial charge in [0.15, 0.2) is 5.82 Å². The van der Waals surface area contributed by atoms with Crippen molar-refractivity contribution in [3.8, 4) is 5.75 Å². The van der Waals surface area contributed by atoms with E-state index in [4.69, 9.17) is 17.0 Å². The number of benzene rings is 1. The molecule has 1 N–H and O–H groups in total. The van der Waals surface area contributed by atoms with Gasteiger partial charge in [0.1, 0.15) is 5.75 Å². The molecule has 0 amide bonds. The number of aromatic nitrogens is 3. The van der Waals surface area contributed by atoms with Gasteiger partial charge in [-0.2, -0.15) is 14.9 Å². The van der Waals surface area contributed by atoms with Crippen molar-refractivity contribution in [2.75, 3.05) is 6.61 Å². The highest BCUT2D eigenvalue weighted by molar-refractivity contribution is 7.71. The Kier molecular flexibility index (Phi) is 5.89. The van der Waals surface area contributed by atoms with Gasteiger partial charge in [-0.15, -0.1) is 0 Å². The van der Waals surface area contributed by atoms with Crippen molar-refractivity contribution in [1.29, 1.82) is 0 Å². The minimum absolute atomic E-state index is 0.498. The zero-order valence-electron chi connectivity index (χ0n) is 13.2. The Labute approximate surface area is 136 Å². The standard InChI is InChI=1S/C16H22N4OS/c1-4-6-15-18-19-16(22)20(15)17-10-13-7-5-8-14(9-13)21-11-12(2)3/h5,7-10,12H,4,6,11H2,1-3H3,(H,19,22)/b17-10-. The van der Waals surface area contributed by atoms with Gasteiger partial charge in [0.05, 0.1) is 12.8 Å². The molecule has 0 saturated heterocycles. The van der Waals surface area contributed by atoms with Gasteiger partial charge >= 0.3 is 0 Å². The number of hydrogen-bond acceptors (Lipinski definition) is 4. The van der Waals surface area contributed by atoms with Crippen LogP contribution in [-0.2, 0) is 6.42 Å². The maximum atomic E-state index is 5.72. The average molecular weight is 318 g/mol. The van der Waals surface area contributed by atoms with Crippen LogP contribution in [-0.4, -0.2) is 27.7 Å². The predicted octanol–water partition coefficient (Wildman–Crippen LogP) is 3.81. The summed E-state index contributed by atoms with van der Waals surface area (Å²) >= 11 is 5.20. The van der Waals surface area contributed by atoms with Crippen molar-refractivity contribution in [3.63, 3.8) is 0 Å². The number of rotatable bonds is 7. The highest BCUT2D eigenvalue weighted by Crippen LogP contribution is 2.13. The Hall–Kier alpha value is -1.95. The van der Waals surface area contributed by atoms with Gasteiger partial charge in [0.2, 0.25) is 4.77 Å². The lowest BCUT2D eigenvalue weighted by Gasteiger charge is -2.08. The first-order valence-corrected chi connectivity index (χ1v) is 7.94. The van der Waals surface area contributed by atoms with Gasteiger partial charge in [-0.3, -0.25) is 5.10 Å². The number of aryl methyl sites for hydroxylation is 1. The molecule has 0 aliphatic heterocycles. The monoisotopic (exact) mass is 318 g/mol. The SMILES string of the molecule is CCCc1n[nH]c(=S)n1/N=C\c1cccc(OCC(C)C)c1. The molecule has 0 radical (unpaired) electrons. The first-order chi connectivity index (χ1) is 10.6. The van der Waals surface area contributed by atoms with Crippen molar-refractivity contribution < 1.29 is 4.74 Å². The van der Waals surface area contributed by atoms with E-state index in [9.17, 15) is 0 Å². The van der Waals surface area contributed by atoms with Crippen LogP contribution in [0.4, 0.5) is 0 Å². The lowest BCUT2D eigenvalue weighted by molar-refractivity contribution is 0.271. The number of H-pyrrole nitrogens is 1. The Bertz CT molecular complexity index is 687. The lowest BCUT2D eigenvalue weighted by atomic mass is 10.2. The Morgan fingerprint density at radius 3 is 3.00 bits per heavy atom. The van der Waals surface area contributed by atoms with Gasteiger partial charge in [-0.25, -0.2) is 0 Å². The molecule has 0 aliphatic carbocycles. The lowest BCUT2D eigenvalue weighted by Crippen LogP contribution is -2.04. The van der Waals surface area contributed by atoms with Crippen LogP contribution in [0.3, 0.4) is 0 Å². The molecule has 22 heavy (non-hydrogen) atoms. The molecule has 118 valence electrons. The van der Waals surface area contributed by atoms with Gasteiger partial charge < -0.3 is 4.74 Å². The second-order valence-corrected chi connectivity index (χ2v) is 5.92. The fourth-order valence-electron chi connectivity index (χ4n) is 1.90. The van der Waals surface area contributed by atoms with Crippen LogP contribution in [0.2, 0.25) is 0 Å². The Balaban J connectivity index is 2.15. The topological polar surface area (TPSA) is 55.2 Å². The number of aromatic amines is 1. The third-order valence-electron chi connectivity index (χ3n) is 2.95. The molecule has 6 heteroatoms. The highest BCUT2D eigenvalue weighted by atomic mass is 32.1. The summed E-state index contributed by atoms with van der Waals surface area (Å²) in [5.41, 5.74) is 0.965. The van der Waals surface area contributed by atoms with E-state index in [0.29, 0.717) is 17.3 Å². The van der Waals surface area contributed by atoms with Crippen molar-refractivity contribution in [2.45, 2.75) is 33.6 Å². The normalized spacial score (nSPS) is 11.5. The summed E-state index contributed by atoms with van der Waals surface area (Å²) < 4.78 is 7.90.